The Morgan fingerprint density at radius 1 is 1.24 bits per heavy atom. The molecule has 1 saturated carbocycles. The minimum Gasteiger partial charge on any atom is -0.302 e. The molecule has 0 aromatic carbocycles. The van der Waals surface area contributed by atoms with Crippen LogP contribution in [0.1, 0.15) is 58.6 Å². The van der Waals surface area contributed by atoms with Crippen molar-refractivity contribution in [2.45, 2.75) is 58.3 Å². The van der Waals surface area contributed by atoms with Crippen molar-refractivity contribution in [1.29, 1.82) is 0 Å². The van der Waals surface area contributed by atoms with Crippen molar-refractivity contribution in [1.82, 2.24) is 9.88 Å². The Morgan fingerprint density at radius 3 is 2.36 bits per heavy atom. The number of nitrogens with zero attached hydrogens (tertiary/aromatic N) is 2. The van der Waals surface area contributed by atoms with Crippen LogP contribution in [0.5, 0.6) is 0 Å². The van der Waals surface area contributed by atoms with E-state index in [0.717, 1.165) is 31.4 Å². The Hall–Kier alpha value is -1.76. The first-order valence-electron chi connectivity index (χ1n) is 8.88. The fraction of sp³-hybridized carbons (Fsp3) is 0.667. The van der Waals surface area contributed by atoms with Crippen molar-refractivity contribution < 1.29 is 14.4 Å². The van der Waals surface area contributed by atoms with Crippen molar-refractivity contribution in [2.75, 3.05) is 11.9 Å². The summed E-state index contributed by atoms with van der Waals surface area (Å²) in [7, 11) is 0. The molecule has 25 heavy (non-hydrogen) atoms. The first-order chi connectivity index (χ1) is 11.8. The first kappa shape index (κ1) is 18.0. The Morgan fingerprint density at radius 2 is 1.84 bits per heavy atom. The van der Waals surface area contributed by atoms with Crippen molar-refractivity contribution in [2.24, 2.45) is 11.8 Å². The van der Waals surface area contributed by atoms with Crippen LogP contribution in [0.2, 0.25) is 0 Å². The molecule has 7 heteroatoms. The van der Waals surface area contributed by atoms with Gasteiger partial charge in [0.05, 0.1) is 17.5 Å². The molecule has 1 saturated heterocycles. The number of imide groups is 1. The third kappa shape index (κ3) is 3.76. The molecule has 1 aromatic heterocycles. The highest BCUT2D eigenvalue weighted by atomic mass is 32.1. The Labute approximate surface area is 152 Å². The van der Waals surface area contributed by atoms with Crippen LogP contribution in [0.3, 0.4) is 0 Å². The monoisotopic (exact) mass is 363 g/mol. The average Bonchev–Trinajstić information content (AvgIpc) is 3.11. The van der Waals surface area contributed by atoms with Gasteiger partial charge in [-0.15, -0.1) is 11.3 Å². The number of fused-ring (bicyclic) bond motifs is 1. The third-order valence-electron chi connectivity index (χ3n) is 5.01. The number of likely N-dealkylation sites (tertiary alicyclic amines) is 1. The molecule has 3 rings (SSSR count). The third-order valence-corrected chi connectivity index (χ3v) is 5.77. The van der Waals surface area contributed by atoms with Crippen molar-refractivity contribution in [3.63, 3.8) is 0 Å². The average molecular weight is 363 g/mol. The van der Waals surface area contributed by atoms with E-state index in [4.69, 9.17) is 0 Å². The van der Waals surface area contributed by atoms with Gasteiger partial charge in [-0.3, -0.25) is 19.3 Å². The minimum atomic E-state index is -0.217. The summed E-state index contributed by atoms with van der Waals surface area (Å²) in [6.07, 6.45) is 3.73. The summed E-state index contributed by atoms with van der Waals surface area (Å²) in [5.74, 6) is -0.709. The normalized spacial score (nSPS) is 23.7. The molecular formula is C18H25N3O3S. The summed E-state index contributed by atoms with van der Waals surface area (Å²) in [6, 6.07) is 0. The molecular weight excluding hydrogens is 338 g/mol. The summed E-state index contributed by atoms with van der Waals surface area (Å²) in [4.78, 5) is 42.7. The molecule has 0 bridgehead atoms. The van der Waals surface area contributed by atoms with Crippen LogP contribution in [-0.2, 0) is 19.8 Å². The number of thiazole rings is 1. The quantitative estimate of drug-likeness (QED) is 0.834. The Kier molecular flexibility index (Phi) is 4.95. The molecule has 1 N–H and O–H groups in total. The van der Waals surface area contributed by atoms with E-state index in [-0.39, 0.29) is 47.9 Å². The molecule has 1 aliphatic carbocycles. The highest BCUT2D eigenvalue weighted by Crippen LogP contribution is 2.38. The van der Waals surface area contributed by atoms with E-state index in [0.29, 0.717) is 5.13 Å². The molecule has 0 radical (unpaired) electrons. The second kappa shape index (κ2) is 6.86. The van der Waals surface area contributed by atoms with Gasteiger partial charge < -0.3 is 5.32 Å². The number of carbonyl (C=O) groups excluding carboxylic acids is 3. The predicted molar refractivity (Wildman–Crippen MR) is 96.2 cm³/mol. The largest absolute Gasteiger partial charge is 0.302 e. The van der Waals surface area contributed by atoms with Gasteiger partial charge in [0, 0.05) is 23.8 Å². The molecule has 0 unspecified atom stereocenters. The molecule has 136 valence electrons. The fourth-order valence-electron chi connectivity index (χ4n) is 3.52. The molecule has 6 nitrogen and oxygen atoms in total. The SMILES string of the molecule is CC(C)(C)c1csc(NC(=O)CCN2C(=O)[C@H]3CCCC[C@H]3C2=O)n1. The summed E-state index contributed by atoms with van der Waals surface area (Å²) in [5, 5.41) is 5.27. The number of hydrogen-bond donors (Lipinski definition) is 1. The highest BCUT2D eigenvalue weighted by molar-refractivity contribution is 7.13. The molecule has 0 spiro atoms. The van der Waals surface area contributed by atoms with Crippen molar-refractivity contribution in [3.8, 4) is 0 Å². The lowest BCUT2D eigenvalue weighted by molar-refractivity contribution is -0.140. The maximum Gasteiger partial charge on any atom is 0.233 e. The second-order valence-corrected chi connectivity index (χ2v) is 8.77. The standard InChI is InChI=1S/C18H25N3O3S/c1-18(2,3)13-10-25-17(19-13)20-14(22)8-9-21-15(23)11-6-4-5-7-12(11)16(21)24/h10-12H,4-9H2,1-3H3,(H,19,20,22)/t11-,12+. The van der Waals surface area contributed by atoms with E-state index < -0.39 is 0 Å². The zero-order valence-electron chi connectivity index (χ0n) is 15.0. The number of aromatic nitrogens is 1. The lowest BCUT2D eigenvalue weighted by Crippen LogP contribution is -2.34. The Bertz CT molecular complexity index is 668. The molecule has 2 aliphatic rings. The van der Waals surface area contributed by atoms with Crippen LogP contribution in [-0.4, -0.2) is 34.2 Å². The number of anilines is 1. The summed E-state index contributed by atoms with van der Waals surface area (Å²) >= 11 is 1.39. The van der Waals surface area contributed by atoms with Crippen LogP contribution in [0.15, 0.2) is 5.38 Å². The van der Waals surface area contributed by atoms with Gasteiger partial charge >= 0.3 is 0 Å². The lowest BCUT2D eigenvalue weighted by Gasteiger charge is -2.19. The molecule has 1 aliphatic heterocycles. The van der Waals surface area contributed by atoms with Gasteiger partial charge in [-0.1, -0.05) is 33.6 Å². The van der Waals surface area contributed by atoms with Gasteiger partial charge in [0.15, 0.2) is 5.13 Å². The van der Waals surface area contributed by atoms with Crippen LogP contribution in [0.4, 0.5) is 5.13 Å². The molecule has 3 amide bonds. The number of amides is 3. The van der Waals surface area contributed by atoms with E-state index in [1.54, 1.807) is 0 Å². The number of hydrogen-bond acceptors (Lipinski definition) is 5. The summed E-state index contributed by atoms with van der Waals surface area (Å²) < 4.78 is 0. The van der Waals surface area contributed by atoms with Crippen molar-refractivity contribution >= 4 is 34.2 Å². The highest BCUT2D eigenvalue weighted by Gasteiger charge is 2.47. The van der Waals surface area contributed by atoms with E-state index >= 15 is 0 Å². The minimum absolute atomic E-state index is 0.0653. The predicted octanol–water partition coefficient (Wildman–Crippen LogP) is 2.94. The Balaban J connectivity index is 1.55. The van der Waals surface area contributed by atoms with Crippen LogP contribution >= 0.6 is 11.3 Å². The van der Waals surface area contributed by atoms with Gasteiger partial charge in [0.1, 0.15) is 0 Å². The van der Waals surface area contributed by atoms with E-state index in [1.807, 2.05) is 5.38 Å². The van der Waals surface area contributed by atoms with Gasteiger partial charge in [0.2, 0.25) is 17.7 Å². The molecule has 2 atom stereocenters. The van der Waals surface area contributed by atoms with E-state index in [9.17, 15) is 14.4 Å². The zero-order valence-corrected chi connectivity index (χ0v) is 15.8. The van der Waals surface area contributed by atoms with Crippen LogP contribution in [0.25, 0.3) is 0 Å². The lowest BCUT2D eigenvalue weighted by atomic mass is 9.81. The van der Waals surface area contributed by atoms with Crippen LogP contribution in [0, 0.1) is 11.8 Å². The maximum absolute atomic E-state index is 12.4. The molecule has 2 fully saturated rings. The van der Waals surface area contributed by atoms with Gasteiger partial charge in [-0.25, -0.2) is 4.98 Å². The second-order valence-electron chi connectivity index (χ2n) is 7.91. The van der Waals surface area contributed by atoms with Gasteiger partial charge in [0.25, 0.3) is 0 Å². The summed E-state index contributed by atoms with van der Waals surface area (Å²) in [6.45, 7) is 6.36. The first-order valence-corrected chi connectivity index (χ1v) is 9.76. The van der Waals surface area contributed by atoms with Crippen molar-refractivity contribution in [3.05, 3.63) is 11.1 Å². The number of rotatable bonds is 4. The van der Waals surface area contributed by atoms with Crippen LogP contribution < -0.4 is 5.32 Å². The summed E-state index contributed by atoms with van der Waals surface area (Å²) in [5.41, 5.74) is 0.867. The molecule has 2 heterocycles. The van der Waals surface area contributed by atoms with Gasteiger partial charge in [-0.2, -0.15) is 0 Å². The van der Waals surface area contributed by atoms with Gasteiger partial charge in [-0.05, 0) is 12.8 Å². The fourth-order valence-corrected chi connectivity index (χ4v) is 4.48. The van der Waals surface area contributed by atoms with E-state index in [2.05, 4.69) is 31.1 Å². The zero-order chi connectivity index (χ0) is 18.2. The van der Waals surface area contributed by atoms with E-state index in [1.165, 1.54) is 16.2 Å². The smallest absolute Gasteiger partial charge is 0.233 e. The number of carbonyl (C=O) groups is 3. The maximum atomic E-state index is 12.4. The number of nitrogens with one attached hydrogen (secondary N) is 1. The topological polar surface area (TPSA) is 79.4 Å². The molecule has 1 aromatic rings.